The lowest BCUT2D eigenvalue weighted by Crippen LogP contribution is -2.32. The van der Waals surface area contributed by atoms with Gasteiger partial charge in [0.25, 0.3) is 10.1 Å². The van der Waals surface area contributed by atoms with Crippen LogP contribution in [-0.2, 0) is 43.4 Å². The summed E-state index contributed by atoms with van der Waals surface area (Å²) in [5.74, 6) is -2.50. The maximum atomic E-state index is 14.6. The quantitative estimate of drug-likeness (QED) is 0.105. The maximum absolute atomic E-state index is 14.6. The minimum Gasteiger partial charge on any atom is -0.490 e. The predicted molar refractivity (Wildman–Crippen MR) is 161 cm³/mol. The van der Waals surface area contributed by atoms with Gasteiger partial charge in [0.1, 0.15) is 25.1 Å². The van der Waals surface area contributed by atoms with Crippen molar-refractivity contribution in [1.29, 1.82) is 0 Å². The monoisotopic (exact) mass is 666 g/mol. The Balaban J connectivity index is 1.73. The normalized spacial score (nSPS) is 13.8. The zero-order valence-electron chi connectivity index (χ0n) is 25.1. The van der Waals surface area contributed by atoms with Crippen LogP contribution in [0.1, 0.15) is 74.6 Å². The fourth-order valence-electron chi connectivity index (χ4n) is 4.60. The highest BCUT2D eigenvalue weighted by atomic mass is 32.2. The van der Waals surface area contributed by atoms with E-state index in [0.29, 0.717) is 5.75 Å². The first-order chi connectivity index (χ1) is 21.2. The fourth-order valence-corrected chi connectivity index (χ4v) is 8.22. The first-order valence-corrected chi connectivity index (χ1v) is 17.2. The Kier molecular flexibility index (Phi) is 11.1. The number of para-hydroxylation sites is 1. The van der Waals surface area contributed by atoms with E-state index in [2.05, 4.69) is 0 Å². The van der Waals surface area contributed by atoms with Gasteiger partial charge in [0.15, 0.2) is 28.0 Å². The second-order valence-electron chi connectivity index (χ2n) is 10.8. The van der Waals surface area contributed by atoms with Crippen LogP contribution in [0.15, 0.2) is 87.9 Å². The smallest absolute Gasteiger partial charge is 0.490 e. The first kappa shape index (κ1) is 34.2. The van der Waals surface area contributed by atoms with Crippen molar-refractivity contribution in [2.24, 2.45) is 0 Å². The van der Waals surface area contributed by atoms with Crippen LogP contribution in [0.25, 0.3) is 0 Å². The number of rotatable bonds is 16. The Morgan fingerprint density at radius 1 is 0.756 bits per heavy atom. The van der Waals surface area contributed by atoms with E-state index in [1.807, 2.05) is 6.07 Å². The Bertz CT molecular complexity index is 1690. The molecule has 0 amide bonds. The first-order valence-electron chi connectivity index (χ1n) is 14.1. The van der Waals surface area contributed by atoms with Gasteiger partial charge in [-0.2, -0.15) is 8.42 Å². The molecule has 0 radical (unpaired) electrons. The van der Waals surface area contributed by atoms with E-state index in [4.69, 9.17) is 31.5 Å². The summed E-state index contributed by atoms with van der Waals surface area (Å²) in [5, 5.41) is 0. The van der Waals surface area contributed by atoms with E-state index in [-0.39, 0.29) is 41.3 Å². The van der Waals surface area contributed by atoms with Crippen molar-refractivity contribution in [2.45, 2.75) is 76.7 Å². The molecule has 45 heavy (non-hydrogen) atoms. The van der Waals surface area contributed by atoms with Crippen LogP contribution in [0.3, 0.4) is 0 Å². The van der Waals surface area contributed by atoms with Gasteiger partial charge in [0.05, 0.1) is 0 Å². The molecule has 0 spiro atoms. The predicted octanol–water partition coefficient (Wildman–Crippen LogP) is 6.25. The second kappa shape index (κ2) is 14.6. The summed E-state index contributed by atoms with van der Waals surface area (Å²) in [6.45, 7) is 5.40. The third-order valence-electron chi connectivity index (χ3n) is 6.66. The summed E-state index contributed by atoms with van der Waals surface area (Å²) < 4.78 is 88.6. The van der Waals surface area contributed by atoms with Crippen LogP contribution in [-0.4, -0.2) is 24.1 Å². The summed E-state index contributed by atoms with van der Waals surface area (Å²) in [6.07, 6.45) is -1.36. The van der Waals surface area contributed by atoms with Crippen molar-refractivity contribution in [3.63, 3.8) is 0 Å². The van der Waals surface area contributed by atoms with E-state index in [0.717, 1.165) is 5.56 Å². The lowest BCUT2D eigenvalue weighted by molar-refractivity contribution is 0.153. The molecule has 4 aromatic rings. The van der Waals surface area contributed by atoms with Crippen LogP contribution >= 0.6 is 7.60 Å². The highest BCUT2D eigenvalue weighted by molar-refractivity contribution is 7.94. The van der Waals surface area contributed by atoms with Crippen molar-refractivity contribution in [3.8, 4) is 5.75 Å². The molecule has 0 aliphatic rings. The van der Waals surface area contributed by atoms with Crippen molar-refractivity contribution >= 4 is 17.7 Å². The SMILES string of the molecule is CC(C)c1oc(=O)oc1COP(=O)(OCc1oc(=O)oc1C(C)C)C(CC(Cc1ccccc1)Oc1ccccc1)S(=O)(=O)O. The van der Waals surface area contributed by atoms with Crippen LogP contribution in [0.5, 0.6) is 5.75 Å². The van der Waals surface area contributed by atoms with Crippen LogP contribution in [0.2, 0.25) is 0 Å². The molecule has 2 heterocycles. The Morgan fingerprint density at radius 3 is 1.67 bits per heavy atom. The summed E-state index contributed by atoms with van der Waals surface area (Å²) in [6, 6.07) is 17.6. The van der Waals surface area contributed by atoms with E-state index in [9.17, 15) is 27.1 Å². The molecule has 244 valence electrons. The average molecular weight is 667 g/mol. The lowest BCUT2D eigenvalue weighted by atomic mass is 10.1. The van der Waals surface area contributed by atoms with Crippen molar-refractivity contribution in [2.75, 3.05) is 0 Å². The van der Waals surface area contributed by atoms with Crippen LogP contribution in [0, 0.1) is 0 Å². The molecule has 0 saturated carbocycles. The average Bonchev–Trinajstić information content (AvgIpc) is 3.56. The highest BCUT2D eigenvalue weighted by Crippen LogP contribution is 2.58. The molecule has 2 aromatic carbocycles. The van der Waals surface area contributed by atoms with E-state index in [1.54, 1.807) is 82.3 Å². The Morgan fingerprint density at radius 2 is 1.22 bits per heavy atom. The Hall–Kier alpha value is -3.68. The molecule has 13 nitrogen and oxygen atoms in total. The fraction of sp³-hybridized carbons (Fsp3) is 0.400. The van der Waals surface area contributed by atoms with E-state index >= 15 is 0 Å². The van der Waals surface area contributed by atoms with Gasteiger partial charge in [-0.25, -0.2) is 9.59 Å². The molecule has 0 saturated heterocycles. The van der Waals surface area contributed by atoms with Gasteiger partial charge in [-0.1, -0.05) is 76.2 Å². The molecule has 4 rings (SSSR count). The van der Waals surface area contributed by atoms with E-state index < -0.39 is 60.1 Å². The summed E-state index contributed by atoms with van der Waals surface area (Å²) in [7, 11) is -10.1. The van der Waals surface area contributed by atoms with Crippen LogP contribution in [0.4, 0.5) is 0 Å². The molecule has 15 heteroatoms. The minimum atomic E-state index is -5.18. The minimum absolute atomic E-state index is 0.0900. The molecule has 2 unspecified atom stereocenters. The van der Waals surface area contributed by atoms with Gasteiger partial charge in [-0.05, 0) is 17.7 Å². The van der Waals surface area contributed by atoms with Gasteiger partial charge in [-0.15, -0.1) is 0 Å². The third kappa shape index (κ3) is 9.18. The number of ether oxygens (including phenoxy) is 1. The summed E-state index contributed by atoms with van der Waals surface area (Å²) >= 11 is 0. The third-order valence-corrected chi connectivity index (χ3v) is 11.0. The Labute approximate surface area is 259 Å². The standard InChI is InChI=1S/C30H35O13PS/c1-19(2)27-24(40-29(31)42-27)17-37-44(33,38-18-25-28(20(3)4)43-30(32)41-25)26(45(34,35)36)16-23(15-21-11-7-5-8-12-21)39-22-13-9-6-10-14-22/h5-14,19-20,23,26H,15-18H2,1-4H3,(H,34,35,36). The van der Waals surface area contributed by atoms with Gasteiger partial charge >= 0.3 is 19.2 Å². The summed E-state index contributed by atoms with van der Waals surface area (Å²) in [5.41, 5.74) is 0.771. The summed E-state index contributed by atoms with van der Waals surface area (Å²) in [4.78, 5) is 21.5. The molecule has 0 aliphatic carbocycles. The van der Waals surface area contributed by atoms with Crippen molar-refractivity contribution < 1.29 is 49.0 Å². The second-order valence-corrected chi connectivity index (χ2v) is 15.0. The van der Waals surface area contributed by atoms with Crippen molar-refractivity contribution in [1.82, 2.24) is 0 Å². The molecular weight excluding hydrogens is 631 g/mol. The zero-order chi connectivity index (χ0) is 32.8. The lowest BCUT2D eigenvalue weighted by Gasteiger charge is -2.28. The number of hydrogen-bond donors (Lipinski definition) is 1. The van der Waals surface area contributed by atoms with Gasteiger partial charge < -0.3 is 22.4 Å². The van der Waals surface area contributed by atoms with Gasteiger partial charge in [0, 0.05) is 24.7 Å². The number of benzene rings is 2. The van der Waals surface area contributed by atoms with Gasteiger partial charge in [0.2, 0.25) is 0 Å². The molecule has 0 bridgehead atoms. The van der Waals surface area contributed by atoms with Crippen LogP contribution < -0.4 is 16.4 Å². The largest absolute Gasteiger partial charge is 0.519 e. The van der Waals surface area contributed by atoms with Gasteiger partial charge in [-0.3, -0.25) is 18.2 Å². The molecule has 0 aliphatic heterocycles. The topological polar surface area (TPSA) is 186 Å². The molecular formula is C30H35O13PS. The highest BCUT2D eigenvalue weighted by Gasteiger charge is 2.47. The van der Waals surface area contributed by atoms with E-state index in [1.165, 1.54) is 0 Å². The van der Waals surface area contributed by atoms with Crippen molar-refractivity contribution in [3.05, 3.63) is 111 Å². The molecule has 0 fully saturated rings. The maximum Gasteiger partial charge on any atom is 0.519 e. The zero-order valence-corrected chi connectivity index (χ0v) is 26.8. The molecule has 2 aromatic heterocycles. The number of hydrogen-bond acceptors (Lipinski definition) is 12. The molecule has 1 N–H and O–H groups in total. The molecule has 2 atom stereocenters.